The van der Waals surface area contributed by atoms with Gasteiger partial charge in [0.05, 0.1) is 7.11 Å². The monoisotopic (exact) mass is 276 g/mol. The molecule has 1 saturated heterocycles. The van der Waals surface area contributed by atoms with E-state index in [1.807, 2.05) is 12.1 Å². The van der Waals surface area contributed by atoms with Gasteiger partial charge in [0.15, 0.2) is 0 Å². The third-order valence-corrected chi connectivity index (χ3v) is 4.17. The highest BCUT2D eigenvalue weighted by atomic mass is 16.5. The van der Waals surface area contributed by atoms with Crippen LogP contribution in [-0.4, -0.2) is 55.9 Å². The van der Waals surface area contributed by atoms with Crippen LogP contribution in [-0.2, 0) is 6.54 Å². The van der Waals surface area contributed by atoms with Crippen molar-refractivity contribution in [1.29, 1.82) is 0 Å². The van der Waals surface area contributed by atoms with Gasteiger partial charge < -0.3 is 9.64 Å². The third kappa shape index (κ3) is 3.38. The number of hydrogen-bond donors (Lipinski definition) is 0. The maximum Gasteiger partial charge on any atom is 0.150 e. The molecule has 1 fully saturated rings. The van der Waals surface area contributed by atoms with E-state index in [1.165, 1.54) is 6.42 Å². The smallest absolute Gasteiger partial charge is 0.150 e. The molecule has 1 heterocycles. The molecule has 1 aliphatic heterocycles. The molecule has 1 aromatic carbocycles. The fourth-order valence-electron chi connectivity index (χ4n) is 2.83. The Morgan fingerprint density at radius 3 is 2.85 bits per heavy atom. The largest absolute Gasteiger partial charge is 0.496 e. The summed E-state index contributed by atoms with van der Waals surface area (Å²) in [7, 11) is 3.87. The highest BCUT2D eigenvalue weighted by molar-refractivity contribution is 5.75. The lowest BCUT2D eigenvalue weighted by Crippen LogP contribution is -2.50. The topological polar surface area (TPSA) is 32.8 Å². The van der Waals surface area contributed by atoms with Crippen molar-refractivity contribution in [2.24, 2.45) is 0 Å². The lowest BCUT2D eigenvalue weighted by Gasteiger charge is -2.39. The van der Waals surface area contributed by atoms with E-state index < -0.39 is 0 Å². The molecule has 1 atom stereocenters. The summed E-state index contributed by atoms with van der Waals surface area (Å²) in [5.74, 6) is 0.863. The molecule has 0 aliphatic carbocycles. The Bertz CT molecular complexity index is 462. The number of nitrogens with zero attached hydrogens (tertiary/aromatic N) is 2. The van der Waals surface area contributed by atoms with Crippen molar-refractivity contribution in [3.63, 3.8) is 0 Å². The van der Waals surface area contributed by atoms with Crippen LogP contribution in [0.3, 0.4) is 0 Å². The first-order valence-electron chi connectivity index (χ1n) is 7.22. The van der Waals surface area contributed by atoms with Crippen molar-refractivity contribution in [3.05, 3.63) is 29.3 Å². The molecule has 20 heavy (non-hydrogen) atoms. The number of ether oxygens (including phenoxy) is 1. The van der Waals surface area contributed by atoms with Gasteiger partial charge in [0.1, 0.15) is 12.0 Å². The van der Waals surface area contributed by atoms with E-state index in [9.17, 15) is 4.79 Å². The van der Waals surface area contributed by atoms with Gasteiger partial charge in [0, 0.05) is 43.3 Å². The molecule has 110 valence electrons. The molecule has 0 spiro atoms. The van der Waals surface area contributed by atoms with Crippen LogP contribution in [0.2, 0.25) is 0 Å². The molecule has 2 rings (SSSR count). The molecule has 1 aromatic rings. The number of likely N-dealkylation sites (N-methyl/N-ethyl adjacent to an activating group) is 1. The van der Waals surface area contributed by atoms with E-state index in [0.29, 0.717) is 11.6 Å². The molecule has 0 saturated carbocycles. The SMILES string of the molecule is CCC1CN(Cc2cc(C=O)ccc2OC)CCN1C. The van der Waals surface area contributed by atoms with Crippen LogP contribution >= 0.6 is 0 Å². The first-order valence-corrected chi connectivity index (χ1v) is 7.22. The van der Waals surface area contributed by atoms with Gasteiger partial charge in [-0.2, -0.15) is 0 Å². The van der Waals surface area contributed by atoms with Crippen LogP contribution in [0.5, 0.6) is 5.75 Å². The van der Waals surface area contributed by atoms with Crippen molar-refractivity contribution in [2.45, 2.75) is 25.9 Å². The van der Waals surface area contributed by atoms with Gasteiger partial charge in [-0.05, 0) is 31.7 Å². The Hall–Kier alpha value is -1.39. The molecule has 4 heteroatoms. The third-order valence-electron chi connectivity index (χ3n) is 4.17. The second kappa shape index (κ2) is 6.86. The maximum absolute atomic E-state index is 10.9. The summed E-state index contributed by atoms with van der Waals surface area (Å²) in [5.41, 5.74) is 1.80. The van der Waals surface area contributed by atoms with E-state index in [4.69, 9.17) is 4.74 Å². The normalized spacial score (nSPS) is 20.9. The van der Waals surface area contributed by atoms with Gasteiger partial charge in [-0.3, -0.25) is 9.69 Å². The lowest BCUT2D eigenvalue weighted by molar-refractivity contribution is 0.0878. The van der Waals surface area contributed by atoms with Crippen LogP contribution in [0.4, 0.5) is 0 Å². The maximum atomic E-state index is 10.9. The Kier molecular flexibility index (Phi) is 5.15. The van der Waals surface area contributed by atoms with Gasteiger partial charge in [-0.1, -0.05) is 6.92 Å². The number of hydrogen-bond acceptors (Lipinski definition) is 4. The van der Waals surface area contributed by atoms with Crippen LogP contribution in [0.15, 0.2) is 18.2 Å². The molecule has 0 amide bonds. The van der Waals surface area contributed by atoms with E-state index in [2.05, 4.69) is 23.8 Å². The van der Waals surface area contributed by atoms with Crippen LogP contribution < -0.4 is 4.74 Å². The number of methoxy groups -OCH3 is 1. The Morgan fingerprint density at radius 1 is 1.40 bits per heavy atom. The molecule has 0 radical (unpaired) electrons. The summed E-state index contributed by atoms with van der Waals surface area (Å²) >= 11 is 0. The fourth-order valence-corrected chi connectivity index (χ4v) is 2.83. The minimum absolute atomic E-state index is 0.615. The van der Waals surface area contributed by atoms with E-state index in [1.54, 1.807) is 13.2 Å². The number of aldehydes is 1. The number of carbonyl (C=O) groups excluding carboxylic acids is 1. The highest BCUT2D eigenvalue weighted by Crippen LogP contribution is 2.22. The second-order valence-electron chi connectivity index (χ2n) is 5.47. The first-order chi connectivity index (χ1) is 9.67. The summed E-state index contributed by atoms with van der Waals surface area (Å²) in [6.45, 7) is 6.30. The first kappa shape index (κ1) is 15.0. The van der Waals surface area contributed by atoms with E-state index in [0.717, 1.165) is 43.8 Å². The van der Waals surface area contributed by atoms with Crippen molar-refractivity contribution in [1.82, 2.24) is 9.80 Å². The van der Waals surface area contributed by atoms with Gasteiger partial charge in [-0.15, -0.1) is 0 Å². The molecular formula is C16H24N2O2. The molecule has 0 aromatic heterocycles. The van der Waals surface area contributed by atoms with E-state index >= 15 is 0 Å². The average Bonchev–Trinajstić information content (AvgIpc) is 2.49. The molecule has 4 nitrogen and oxygen atoms in total. The van der Waals surface area contributed by atoms with Gasteiger partial charge in [0.2, 0.25) is 0 Å². The van der Waals surface area contributed by atoms with Crippen molar-refractivity contribution >= 4 is 6.29 Å². The van der Waals surface area contributed by atoms with Gasteiger partial charge in [0.25, 0.3) is 0 Å². The molecule has 0 N–H and O–H groups in total. The highest BCUT2D eigenvalue weighted by Gasteiger charge is 2.23. The summed E-state index contributed by atoms with van der Waals surface area (Å²) in [5, 5.41) is 0. The number of rotatable bonds is 5. The minimum Gasteiger partial charge on any atom is -0.496 e. The zero-order valence-corrected chi connectivity index (χ0v) is 12.6. The predicted molar refractivity (Wildman–Crippen MR) is 80.4 cm³/mol. The average molecular weight is 276 g/mol. The summed E-state index contributed by atoms with van der Waals surface area (Å²) < 4.78 is 5.41. The second-order valence-corrected chi connectivity index (χ2v) is 5.47. The van der Waals surface area contributed by atoms with Crippen molar-refractivity contribution in [2.75, 3.05) is 33.8 Å². The Morgan fingerprint density at radius 2 is 2.20 bits per heavy atom. The zero-order chi connectivity index (χ0) is 14.5. The molecule has 1 unspecified atom stereocenters. The summed E-state index contributed by atoms with van der Waals surface area (Å²) in [6, 6.07) is 6.23. The van der Waals surface area contributed by atoms with Crippen LogP contribution in [0, 0.1) is 0 Å². The number of benzene rings is 1. The van der Waals surface area contributed by atoms with Crippen LogP contribution in [0.25, 0.3) is 0 Å². The van der Waals surface area contributed by atoms with Crippen molar-refractivity contribution in [3.8, 4) is 5.75 Å². The quantitative estimate of drug-likeness (QED) is 0.771. The molecule has 0 bridgehead atoms. The standard InChI is InChI=1S/C16H24N2O2/c1-4-15-11-18(8-7-17(15)2)10-14-9-13(12-19)5-6-16(14)20-3/h5-6,9,12,15H,4,7-8,10-11H2,1-3H3. The van der Waals surface area contributed by atoms with Crippen LogP contribution in [0.1, 0.15) is 29.3 Å². The molecular weight excluding hydrogens is 252 g/mol. The summed E-state index contributed by atoms with van der Waals surface area (Å²) in [6.07, 6.45) is 2.06. The van der Waals surface area contributed by atoms with E-state index in [-0.39, 0.29) is 0 Å². The fraction of sp³-hybridized carbons (Fsp3) is 0.562. The Labute approximate surface area is 121 Å². The Balaban J connectivity index is 2.11. The van der Waals surface area contributed by atoms with Gasteiger partial charge in [-0.25, -0.2) is 0 Å². The summed E-state index contributed by atoms with van der Waals surface area (Å²) in [4.78, 5) is 15.8. The number of piperazine rings is 1. The zero-order valence-electron chi connectivity index (χ0n) is 12.6. The van der Waals surface area contributed by atoms with Crippen molar-refractivity contribution < 1.29 is 9.53 Å². The molecule has 1 aliphatic rings. The van der Waals surface area contributed by atoms with Gasteiger partial charge >= 0.3 is 0 Å². The lowest BCUT2D eigenvalue weighted by atomic mass is 10.1. The minimum atomic E-state index is 0.615. The predicted octanol–water partition coefficient (Wildman–Crippen LogP) is 2.03. The number of carbonyl (C=O) groups is 1.